The molecule has 0 bridgehead atoms. The molecule has 2 N–H and O–H groups in total. The summed E-state index contributed by atoms with van der Waals surface area (Å²) in [6.45, 7) is 3.96. The van der Waals surface area contributed by atoms with Crippen LogP contribution in [0.4, 0.5) is 0 Å². The fourth-order valence-corrected chi connectivity index (χ4v) is 3.84. The van der Waals surface area contributed by atoms with Crippen molar-refractivity contribution in [3.63, 3.8) is 0 Å². The van der Waals surface area contributed by atoms with Gasteiger partial charge in [-0.3, -0.25) is 9.48 Å². The highest BCUT2D eigenvalue weighted by Crippen LogP contribution is 2.25. The summed E-state index contributed by atoms with van der Waals surface area (Å²) in [6.07, 6.45) is 8.39. The Morgan fingerprint density at radius 2 is 2.23 bits per heavy atom. The van der Waals surface area contributed by atoms with E-state index >= 15 is 0 Å². The lowest BCUT2D eigenvalue weighted by atomic mass is 9.88. The molecule has 0 saturated carbocycles. The highest BCUT2D eigenvalue weighted by atomic mass is 16.5. The summed E-state index contributed by atoms with van der Waals surface area (Å²) in [5.74, 6) is -0.153. The van der Waals surface area contributed by atoms with Crippen LogP contribution in [0.5, 0.6) is 0 Å². The fourth-order valence-electron chi connectivity index (χ4n) is 3.84. The topological polar surface area (TPSA) is 84.3 Å². The molecule has 1 amide bonds. The van der Waals surface area contributed by atoms with Crippen LogP contribution < -0.4 is 10.6 Å². The van der Waals surface area contributed by atoms with Gasteiger partial charge in [-0.05, 0) is 52.7 Å². The molecule has 1 aromatic heterocycles. The highest BCUT2D eigenvalue weighted by molar-refractivity contribution is 5.91. The van der Waals surface area contributed by atoms with Crippen molar-refractivity contribution >= 4 is 5.91 Å². The van der Waals surface area contributed by atoms with Gasteiger partial charge in [0.2, 0.25) is 0 Å². The Morgan fingerprint density at radius 3 is 2.92 bits per heavy atom. The van der Waals surface area contributed by atoms with Gasteiger partial charge in [-0.2, -0.15) is 0 Å². The lowest BCUT2D eigenvalue weighted by Crippen LogP contribution is -2.55. The minimum Gasteiger partial charge on any atom is -0.381 e. The van der Waals surface area contributed by atoms with Gasteiger partial charge in [-0.15, -0.1) is 5.10 Å². The molecule has 0 radical (unpaired) electrons. The Hall–Kier alpha value is -1.51. The molecule has 1 atom stereocenters. The number of aromatic nitrogens is 3. The first-order valence-electron chi connectivity index (χ1n) is 9.76. The number of carbonyl (C=O) groups excluding carboxylic acids is 1. The van der Waals surface area contributed by atoms with Crippen LogP contribution in [0.25, 0.3) is 0 Å². The second kappa shape index (κ2) is 8.92. The summed E-state index contributed by atoms with van der Waals surface area (Å²) in [4.78, 5) is 14.7. The number of hydrogen-bond acceptors (Lipinski definition) is 6. The first-order chi connectivity index (χ1) is 12.6. The number of likely N-dealkylation sites (N-methyl/N-ethyl adjacent to an activating group) is 1. The molecule has 2 fully saturated rings. The van der Waals surface area contributed by atoms with Crippen molar-refractivity contribution in [2.24, 2.45) is 0 Å². The monoisotopic (exact) mass is 364 g/mol. The van der Waals surface area contributed by atoms with Crippen molar-refractivity contribution in [2.75, 3.05) is 40.4 Å². The second-order valence-corrected chi connectivity index (χ2v) is 7.72. The zero-order valence-electron chi connectivity index (χ0n) is 16.0. The van der Waals surface area contributed by atoms with Gasteiger partial charge < -0.3 is 20.3 Å². The zero-order chi connectivity index (χ0) is 18.4. The van der Waals surface area contributed by atoms with Crippen LogP contribution in [0, 0.1) is 0 Å². The van der Waals surface area contributed by atoms with Gasteiger partial charge in [-0.1, -0.05) is 11.6 Å². The molecular weight excluding hydrogens is 332 g/mol. The predicted molar refractivity (Wildman–Crippen MR) is 99.1 cm³/mol. The third kappa shape index (κ3) is 4.81. The van der Waals surface area contributed by atoms with E-state index in [9.17, 15) is 4.79 Å². The summed E-state index contributed by atoms with van der Waals surface area (Å²) in [5, 5.41) is 14.7. The van der Waals surface area contributed by atoms with Crippen LogP contribution in [0.3, 0.4) is 0 Å². The summed E-state index contributed by atoms with van der Waals surface area (Å²) < 4.78 is 7.26. The van der Waals surface area contributed by atoms with Crippen LogP contribution >= 0.6 is 0 Å². The van der Waals surface area contributed by atoms with E-state index in [4.69, 9.17) is 4.74 Å². The van der Waals surface area contributed by atoms with E-state index in [0.717, 1.165) is 45.6 Å². The van der Waals surface area contributed by atoms with Crippen molar-refractivity contribution < 1.29 is 9.53 Å². The molecule has 2 aliphatic rings. The lowest BCUT2D eigenvalue weighted by Gasteiger charge is -2.42. The van der Waals surface area contributed by atoms with E-state index in [0.29, 0.717) is 18.3 Å². The molecule has 3 rings (SSSR count). The Bertz CT molecular complexity index is 576. The Morgan fingerprint density at radius 1 is 1.42 bits per heavy atom. The van der Waals surface area contributed by atoms with Gasteiger partial charge in [-0.25, -0.2) is 0 Å². The van der Waals surface area contributed by atoms with E-state index in [2.05, 4.69) is 39.9 Å². The van der Waals surface area contributed by atoms with Gasteiger partial charge in [0.1, 0.15) is 0 Å². The van der Waals surface area contributed by atoms with Gasteiger partial charge in [0.05, 0.1) is 6.20 Å². The molecule has 0 unspecified atom stereocenters. The molecule has 8 heteroatoms. The number of amides is 1. The average Bonchev–Trinajstić information content (AvgIpc) is 3.15. The number of aryl methyl sites for hydroxylation is 1. The normalized spacial score (nSPS) is 23.1. The first kappa shape index (κ1) is 19.3. The standard InChI is InChI=1S/C18H32N6O2/c1-23(2)18(7-11-26-12-8-18)14-20-17(25)16-13-24(22-21-16)10-6-15-5-3-4-9-19-15/h13,15,19H,3-12,14H2,1-2H3,(H,20,25)/t15-/m0/s1. The van der Waals surface area contributed by atoms with E-state index in [1.165, 1.54) is 19.3 Å². The summed E-state index contributed by atoms with van der Waals surface area (Å²) in [6, 6.07) is 0.554. The number of nitrogens with zero attached hydrogens (tertiary/aromatic N) is 4. The molecule has 3 heterocycles. The largest absolute Gasteiger partial charge is 0.381 e. The molecule has 0 aliphatic carbocycles. The third-order valence-electron chi connectivity index (χ3n) is 5.84. The van der Waals surface area contributed by atoms with Crippen LogP contribution in [-0.4, -0.2) is 77.8 Å². The summed E-state index contributed by atoms with van der Waals surface area (Å²) in [7, 11) is 4.13. The molecule has 0 aromatic carbocycles. The van der Waals surface area contributed by atoms with Crippen molar-refractivity contribution in [1.82, 2.24) is 30.5 Å². The molecule has 1 aromatic rings. The maximum atomic E-state index is 12.5. The van der Waals surface area contributed by atoms with Crippen molar-refractivity contribution in [1.29, 1.82) is 0 Å². The summed E-state index contributed by atoms with van der Waals surface area (Å²) in [5.41, 5.74) is 0.346. The zero-order valence-corrected chi connectivity index (χ0v) is 16.0. The van der Waals surface area contributed by atoms with Gasteiger partial charge in [0.25, 0.3) is 5.91 Å². The van der Waals surface area contributed by atoms with Gasteiger partial charge >= 0.3 is 0 Å². The molecule has 146 valence electrons. The smallest absolute Gasteiger partial charge is 0.273 e. The number of rotatable bonds is 7. The molecule has 26 heavy (non-hydrogen) atoms. The molecule has 8 nitrogen and oxygen atoms in total. The SMILES string of the molecule is CN(C)C1(CNC(=O)c2cn(CC[C@@H]3CCCCN3)nn2)CCOCC1. The molecular formula is C18H32N6O2. The van der Waals surface area contributed by atoms with E-state index < -0.39 is 0 Å². The number of piperidine rings is 1. The van der Waals surface area contributed by atoms with Crippen molar-refractivity contribution in [3.8, 4) is 0 Å². The maximum Gasteiger partial charge on any atom is 0.273 e. The lowest BCUT2D eigenvalue weighted by molar-refractivity contribution is -0.00660. The van der Waals surface area contributed by atoms with E-state index in [-0.39, 0.29) is 11.4 Å². The Kier molecular flexibility index (Phi) is 6.61. The number of hydrogen-bond donors (Lipinski definition) is 2. The maximum absolute atomic E-state index is 12.5. The quantitative estimate of drug-likeness (QED) is 0.739. The third-order valence-corrected chi connectivity index (χ3v) is 5.84. The van der Waals surface area contributed by atoms with Crippen molar-refractivity contribution in [3.05, 3.63) is 11.9 Å². The molecule has 0 spiro atoms. The van der Waals surface area contributed by atoms with Gasteiger partial charge in [0, 0.05) is 37.9 Å². The summed E-state index contributed by atoms with van der Waals surface area (Å²) >= 11 is 0. The predicted octanol–water partition coefficient (Wildman–Crippen LogP) is 0.651. The van der Waals surface area contributed by atoms with Gasteiger partial charge in [0.15, 0.2) is 5.69 Å². The molecule has 2 aliphatic heterocycles. The van der Waals surface area contributed by atoms with E-state index in [1.54, 1.807) is 10.9 Å². The fraction of sp³-hybridized carbons (Fsp3) is 0.833. The van der Waals surface area contributed by atoms with Crippen LogP contribution in [0.1, 0.15) is 49.0 Å². The van der Waals surface area contributed by atoms with Crippen LogP contribution in [-0.2, 0) is 11.3 Å². The first-order valence-corrected chi connectivity index (χ1v) is 9.76. The average molecular weight is 364 g/mol. The number of carbonyl (C=O) groups is 1. The Balaban J connectivity index is 1.49. The highest BCUT2D eigenvalue weighted by Gasteiger charge is 2.35. The van der Waals surface area contributed by atoms with E-state index in [1.807, 2.05) is 0 Å². The Labute approximate surface area is 155 Å². The van der Waals surface area contributed by atoms with Crippen LogP contribution in [0.2, 0.25) is 0 Å². The molecule has 2 saturated heterocycles. The van der Waals surface area contributed by atoms with Crippen molar-refractivity contribution in [2.45, 2.75) is 56.7 Å². The minimum atomic E-state index is -0.153. The van der Waals surface area contributed by atoms with Crippen LogP contribution in [0.15, 0.2) is 6.20 Å². The second-order valence-electron chi connectivity index (χ2n) is 7.72. The minimum absolute atomic E-state index is 0.0451. The number of nitrogens with one attached hydrogen (secondary N) is 2. The number of ether oxygens (including phenoxy) is 1.